The van der Waals surface area contributed by atoms with Crippen molar-refractivity contribution in [2.45, 2.75) is 31.5 Å². The summed E-state index contributed by atoms with van der Waals surface area (Å²) in [6.45, 7) is 4.03. The lowest BCUT2D eigenvalue weighted by Crippen LogP contribution is -2.32. The van der Waals surface area contributed by atoms with E-state index in [2.05, 4.69) is 26.0 Å². The zero-order valence-corrected chi connectivity index (χ0v) is 11.1. The molecule has 0 rings (SSSR count). The summed E-state index contributed by atoms with van der Waals surface area (Å²) in [5.41, 5.74) is 0. The molecule has 1 amide bonds. The Hall–Kier alpha value is -0.230. The van der Waals surface area contributed by atoms with Gasteiger partial charge in [-0.25, -0.2) is 8.78 Å². The van der Waals surface area contributed by atoms with Gasteiger partial charge in [0, 0.05) is 17.8 Å². The Morgan fingerprint density at radius 2 is 2.06 bits per heavy atom. The van der Waals surface area contributed by atoms with Crippen LogP contribution in [0, 0.1) is 5.92 Å². The van der Waals surface area contributed by atoms with Gasteiger partial charge < -0.3 is 10.1 Å². The maximum atomic E-state index is 11.7. The SMILES string of the molecule is CC(C)C(Br)CNC(=O)CCOCC(F)F. The summed E-state index contributed by atoms with van der Waals surface area (Å²) in [6.07, 6.45) is -2.36. The van der Waals surface area contributed by atoms with E-state index in [1.54, 1.807) is 0 Å². The van der Waals surface area contributed by atoms with E-state index in [-0.39, 0.29) is 23.8 Å². The van der Waals surface area contributed by atoms with Gasteiger partial charge in [-0.3, -0.25) is 4.79 Å². The third-order valence-corrected chi connectivity index (χ3v) is 3.32. The molecule has 0 aromatic rings. The van der Waals surface area contributed by atoms with Crippen LogP contribution in [-0.2, 0) is 9.53 Å². The summed E-state index contributed by atoms with van der Waals surface area (Å²) >= 11 is 3.43. The average molecular weight is 302 g/mol. The van der Waals surface area contributed by atoms with E-state index in [9.17, 15) is 13.6 Å². The molecule has 0 aliphatic carbocycles. The first-order chi connectivity index (χ1) is 7.43. The number of carbonyl (C=O) groups excluding carboxylic acids is 1. The summed E-state index contributed by atoms with van der Waals surface area (Å²) in [4.78, 5) is 11.4. The van der Waals surface area contributed by atoms with Gasteiger partial charge in [-0.2, -0.15) is 0 Å². The molecule has 0 radical (unpaired) electrons. The van der Waals surface area contributed by atoms with Crippen molar-refractivity contribution < 1.29 is 18.3 Å². The molecule has 16 heavy (non-hydrogen) atoms. The lowest BCUT2D eigenvalue weighted by atomic mass is 10.1. The Kier molecular flexibility index (Phi) is 8.74. The van der Waals surface area contributed by atoms with Crippen LogP contribution in [0.25, 0.3) is 0 Å². The highest BCUT2D eigenvalue weighted by molar-refractivity contribution is 9.09. The highest BCUT2D eigenvalue weighted by Crippen LogP contribution is 2.10. The van der Waals surface area contributed by atoms with E-state index in [4.69, 9.17) is 0 Å². The van der Waals surface area contributed by atoms with Gasteiger partial charge in [0.2, 0.25) is 5.91 Å². The highest BCUT2D eigenvalue weighted by Gasteiger charge is 2.10. The van der Waals surface area contributed by atoms with E-state index >= 15 is 0 Å². The van der Waals surface area contributed by atoms with E-state index in [1.165, 1.54) is 0 Å². The number of hydrogen-bond acceptors (Lipinski definition) is 2. The van der Waals surface area contributed by atoms with Gasteiger partial charge in [0.15, 0.2) is 0 Å². The first-order valence-corrected chi connectivity index (χ1v) is 6.11. The number of carbonyl (C=O) groups is 1. The first-order valence-electron chi connectivity index (χ1n) is 5.20. The van der Waals surface area contributed by atoms with Crippen LogP contribution in [0.5, 0.6) is 0 Å². The van der Waals surface area contributed by atoms with Crippen molar-refractivity contribution in [3.63, 3.8) is 0 Å². The molecule has 0 aliphatic heterocycles. The molecule has 1 N–H and O–H groups in total. The second-order valence-corrected chi connectivity index (χ2v) is 4.96. The standard InChI is InChI=1S/C10H18BrF2NO2/c1-7(2)8(11)5-14-10(15)3-4-16-6-9(12)13/h7-9H,3-6H2,1-2H3,(H,14,15). The minimum absolute atomic E-state index is 0.0325. The van der Waals surface area contributed by atoms with E-state index < -0.39 is 13.0 Å². The molecule has 0 spiro atoms. The predicted molar refractivity (Wildman–Crippen MR) is 62.0 cm³/mol. The van der Waals surface area contributed by atoms with E-state index in [0.717, 1.165) is 0 Å². The lowest BCUT2D eigenvalue weighted by Gasteiger charge is -2.14. The molecule has 0 fully saturated rings. The van der Waals surface area contributed by atoms with Gasteiger partial charge >= 0.3 is 0 Å². The molecule has 0 heterocycles. The van der Waals surface area contributed by atoms with E-state index in [1.807, 2.05) is 13.8 Å². The molecular weight excluding hydrogens is 284 g/mol. The summed E-state index contributed by atoms with van der Waals surface area (Å²) in [6, 6.07) is 0. The Bertz CT molecular complexity index is 203. The molecule has 1 unspecified atom stereocenters. The summed E-state index contributed by atoms with van der Waals surface area (Å²) in [5, 5.41) is 2.70. The number of ether oxygens (including phenoxy) is 1. The highest BCUT2D eigenvalue weighted by atomic mass is 79.9. The summed E-state index contributed by atoms with van der Waals surface area (Å²) in [7, 11) is 0. The maximum Gasteiger partial charge on any atom is 0.261 e. The number of halogens is 3. The topological polar surface area (TPSA) is 38.3 Å². The van der Waals surface area contributed by atoms with Crippen LogP contribution in [0.1, 0.15) is 20.3 Å². The Balaban J connectivity index is 3.45. The first kappa shape index (κ1) is 15.8. The monoisotopic (exact) mass is 301 g/mol. The van der Waals surface area contributed by atoms with Crippen molar-refractivity contribution in [1.29, 1.82) is 0 Å². The number of amides is 1. The predicted octanol–water partition coefficient (Wildman–Crippen LogP) is 2.19. The second kappa shape index (κ2) is 8.87. The molecule has 96 valence electrons. The van der Waals surface area contributed by atoms with Crippen LogP contribution in [0.4, 0.5) is 8.78 Å². The molecule has 0 aliphatic rings. The zero-order chi connectivity index (χ0) is 12.6. The van der Waals surface area contributed by atoms with Crippen LogP contribution >= 0.6 is 15.9 Å². The largest absolute Gasteiger partial charge is 0.375 e. The van der Waals surface area contributed by atoms with Crippen molar-refractivity contribution in [3.05, 3.63) is 0 Å². The van der Waals surface area contributed by atoms with Gasteiger partial charge in [0.1, 0.15) is 6.61 Å². The Morgan fingerprint density at radius 3 is 2.56 bits per heavy atom. The fourth-order valence-electron chi connectivity index (χ4n) is 0.873. The van der Waals surface area contributed by atoms with Gasteiger partial charge in [-0.05, 0) is 5.92 Å². The molecule has 0 saturated carbocycles. The number of alkyl halides is 3. The van der Waals surface area contributed by atoms with Crippen molar-refractivity contribution >= 4 is 21.8 Å². The molecule has 3 nitrogen and oxygen atoms in total. The molecular formula is C10H18BrF2NO2. The molecule has 0 saturated heterocycles. The number of rotatable bonds is 8. The number of hydrogen-bond donors (Lipinski definition) is 1. The summed E-state index contributed by atoms with van der Waals surface area (Å²) in [5.74, 6) is 0.245. The van der Waals surface area contributed by atoms with Crippen molar-refractivity contribution in [2.75, 3.05) is 19.8 Å². The van der Waals surface area contributed by atoms with Gasteiger partial charge in [0.25, 0.3) is 6.43 Å². The average Bonchev–Trinajstić information content (AvgIpc) is 2.20. The van der Waals surface area contributed by atoms with Crippen LogP contribution in [0.3, 0.4) is 0 Å². The fourth-order valence-corrected chi connectivity index (χ4v) is 1.03. The summed E-state index contributed by atoms with van der Waals surface area (Å²) < 4.78 is 27.9. The minimum atomic E-state index is -2.48. The second-order valence-electron chi connectivity index (χ2n) is 3.78. The lowest BCUT2D eigenvalue weighted by molar-refractivity contribution is -0.122. The van der Waals surface area contributed by atoms with Crippen molar-refractivity contribution in [3.8, 4) is 0 Å². The van der Waals surface area contributed by atoms with E-state index in [0.29, 0.717) is 12.5 Å². The maximum absolute atomic E-state index is 11.7. The van der Waals surface area contributed by atoms with Crippen LogP contribution in [-0.4, -0.2) is 36.9 Å². The minimum Gasteiger partial charge on any atom is -0.375 e. The molecule has 0 aromatic carbocycles. The third-order valence-electron chi connectivity index (χ3n) is 1.93. The van der Waals surface area contributed by atoms with Crippen LogP contribution in [0.15, 0.2) is 0 Å². The zero-order valence-electron chi connectivity index (χ0n) is 9.51. The van der Waals surface area contributed by atoms with Gasteiger partial charge in [-0.15, -0.1) is 0 Å². The number of nitrogens with one attached hydrogen (secondary N) is 1. The Labute approximate surface area is 103 Å². The van der Waals surface area contributed by atoms with Crippen LogP contribution in [0.2, 0.25) is 0 Å². The molecule has 6 heteroatoms. The third kappa shape index (κ3) is 9.03. The fraction of sp³-hybridized carbons (Fsp3) is 0.900. The van der Waals surface area contributed by atoms with Crippen LogP contribution < -0.4 is 5.32 Å². The normalized spacial score (nSPS) is 13.2. The van der Waals surface area contributed by atoms with Gasteiger partial charge in [-0.1, -0.05) is 29.8 Å². The molecule has 0 bridgehead atoms. The van der Waals surface area contributed by atoms with Gasteiger partial charge in [0.05, 0.1) is 6.61 Å². The molecule has 0 aromatic heterocycles. The Morgan fingerprint density at radius 1 is 1.44 bits per heavy atom. The van der Waals surface area contributed by atoms with Crippen molar-refractivity contribution in [1.82, 2.24) is 5.32 Å². The smallest absolute Gasteiger partial charge is 0.261 e. The quantitative estimate of drug-likeness (QED) is 0.551. The van der Waals surface area contributed by atoms with Crippen molar-refractivity contribution in [2.24, 2.45) is 5.92 Å². The molecule has 1 atom stereocenters.